The van der Waals surface area contributed by atoms with E-state index in [2.05, 4.69) is 0 Å². The van der Waals surface area contributed by atoms with Gasteiger partial charge in [-0.1, -0.05) is 36.4 Å². The van der Waals surface area contributed by atoms with Crippen molar-refractivity contribution in [3.05, 3.63) is 59.7 Å². The maximum atomic E-state index is 9.57. The fourth-order valence-electron chi connectivity index (χ4n) is 2.04. The third kappa shape index (κ3) is 4.76. The zero-order valence-electron chi connectivity index (χ0n) is 13.0. The Morgan fingerprint density at radius 1 is 1.00 bits per heavy atom. The number of hydrogen-bond acceptors (Lipinski definition) is 4. The molecule has 0 aliphatic carbocycles. The molecular weight excluding hydrogens is 280 g/mol. The number of aliphatic hydroxyl groups is 1. The van der Waals surface area contributed by atoms with E-state index in [1.54, 1.807) is 26.2 Å². The molecule has 4 nitrogen and oxygen atoms in total. The van der Waals surface area contributed by atoms with Gasteiger partial charge in [0.25, 0.3) is 0 Å². The van der Waals surface area contributed by atoms with Crippen LogP contribution in [0.5, 0.6) is 11.5 Å². The first-order chi connectivity index (χ1) is 10.7. The molecule has 2 aromatic rings. The topological polar surface area (TPSA) is 47.9 Å². The van der Waals surface area contributed by atoms with Crippen LogP contribution in [0.25, 0.3) is 0 Å². The first-order valence-corrected chi connectivity index (χ1v) is 7.31. The van der Waals surface area contributed by atoms with Crippen molar-refractivity contribution in [2.75, 3.05) is 20.3 Å². The maximum Gasteiger partial charge on any atom is 0.161 e. The van der Waals surface area contributed by atoms with Crippen molar-refractivity contribution in [2.24, 2.45) is 0 Å². The summed E-state index contributed by atoms with van der Waals surface area (Å²) >= 11 is 0. The minimum absolute atomic E-state index is 0.442. The third-order valence-corrected chi connectivity index (χ3v) is 3.27. The maximum absolute atomic E-state index is 9.57. The fourth-order valence-corrected chi connectivity index (χ4v) is 2.04. The highest BCUT2D eigenvalue weighted by Crippen LogP contribution is 2.30. The van der Waals surface area contributed by atoms with Crippen LogP contribution >= 0.6 is 0 Å². The van der Waals surface area contributed by atoms with Crippen LogP contribution in [0.2, 0.25) is 0 Å². The molecule has 0 aliphatic rings. The van der Waals surface area contributed by atoms with Gasteiger partial charge in [0, 0.05) is 0 Å². The molecule has 4 heteroatoms. The van der Waals surface area contributed by atoms with Crippen LogP contribution in [0.3, 0.4) is 0 Å². The molecule has 0 spiro atoms. The van der Waals surface area contributed by atoms with Crippen LogP contribution in [0.1, 0.15) is 24.2 Å². The lowest BCUT2D eigenvalue weighted by Crippen LogP contribution is -2.07. The fraction of sp³-hybridized carbons (Fsp3) is 0.333. The highest BCUT2D eigenvalue weighted by Gasteiger charge is 2.08. The quantitative estimate of drug-likeness (QED) is 0.760. The van der Waals surface area contributed by atoms with Gasteiger partial charge in [-0.2, -0.15) is 0 Å². The second-order valence-corrected chi connectivity index (χ2v) is 4.97. The molecule has 0 fully saturated rings. The second kappa shape index (κ2) is 8.41. The van der Waals surface area contributed by atoms with Gasteiger partial charge in [-0.15, -0.1) is 0 Å². The summed E-state index contributed by atoms with van der Waals surface area (Å²) in [7, 11) is 1.58. The Kier molecular flexibility index (Phi) is 6.25. The van der Waals surface area contributed by atoms with E-state index < -0.39 is 6.10 Å². The van der Waals surface area contributed by atoms with Gasteiger partial charge >= 0.3 is 0 Å². The minimum Gasteiger partial charge on any atom is -0.493 e. The van der Waals surface area contributed by atoms with Crippen molar-refractivity contribution in [1.82, 2.24) is 0 Å². The molecule has 0 radical (unpaired) electrons. The monoisotopic (exact) mass is 302 g/mol. The number of hydrogen-bond donors (Lipinski definition) is 1. The van der Waals surface area contributed by atoms with Gasteiger partial charge in [-0.3, -0.25) is 0 Å². The molecule has 22 heavy (non-hydrogen) atoms. The Bertz CT molecular complexity index is 567. The van der Waals surface area contributed by atoms with Gasteiger partial charge in [0.1, 0.15) is 6.61 Å². The van der Waals surface area contributed by atoms with Gasteiger partial charge in [0.15, 0.2) is 11.5 Å². The molecule has 2 aromatic carbocycles. The van der Waals surface area contributed by atoms with Crippen molar-refractivity contribution in [1.29, 1.82) is 0 Å². The Labute approximate surface area is 131 Å². The largest absolute Gasteiger partial charge is 0.493 e. The summed E-state index contributed by atoms with van der Waals surface area (Å²) in [6, 6.07) is 15.4. The molecule has 0 bridgehead atoms. The van der Waals surface area contributed by atoms with Crippen molar-refractivity contribution >= 4 is 0 Å². The van der Waals surface area contributed by atoms with Crippen LogP contribution in [0.15, 0.2) is 48.5 Å². The van der Waals surface area contributed by atoms with E-state index >= 15 is 0 Å². The number of rotatable bonds is 8. The number of ether oxygens (including phenoxy) is 3. The van der Waals surface area contributed by atoms with Gasteiger partial charge < -0.3 is 19.3 Å². The predicted molar refractivity (Wildman–Crippen MR) is 85.2 cm³/mol. The van der Waals surface area contributed by atoms with Crippen LogP contribution < -0.4 is 9.47 Å². The van der Waals surface area contributed by atoms with Gasteiger partial charge in [0.05, 0.1) is 26.4 Å². The zero-order valence-corrected chi connectivity index (χ0v) is 13.0. The third-order valence-electron chi connectivity index (χ3n) is 3.27. The van der Waals surface area contributed by atoms with E-state index in [0.717, 1.165) is 11.1 Å². The molecule has 1 atom stereocenters. The van der Waals surface area contributed by atoms with Gasteiger partial charge in [-0.25, -0.2) is 0 Å². The Morgan fingerprint density at radius 3 is 2.45 bits per heavy atom. The summed E-state index contributed by atoms with van der Waals surface area (Å²) < 4.78 is 16.5. The van der Waals surface area contributed by atoms with Crippen LogP contribution in [0.4, 0.5) is 0 Å². The summed E-state index contributed by atoms with van der Waals surface area (Å²) in [6.45, 7) is 3.22. The lowest BCUT2D eigenvalue weighted by atomic mass is 10.1. The van der Waals surface area contributed by atoms with Crippen molar-refractivity contribution < 1.29 is 19.3 Å². The van der Waals surface area contributed by atoms with Crippen LogP contribution in [0, 0.1) is 0 Å². The summed E-state index contributed by atoms with van der Waals surface area (Å²) in [4.78, 5) is 0. The number of aliphatic hydroxyl groups excluding tert-OH is 1. The average Bonchev–Trinajstić information content (AvgIpc) is 2.55. The van der Waals surface area contributed by atoms with Crippen molar-refractivity contribution in [3.63, 3.8) is 0 Å². The Balaban J connectivity index is 1.79. The molecule has 1 N–H and O–H groups in total. The molecule has 2 rings (SSSR count). The molecule has 0 saturated heterocycles. The van der Waals surface area contributed by atoms with Crippen molar-refractivity contribution in [3.8, 4) is 11.5 Å². The molecule has 0 amide bonds. The van der Waals surface area contributed by atoms with Crippen LogP contribution in [-0.4, -0.2) is 25.4 Å². The summed E-state index contributed by atoms with van der Waals surface area (Å²) in [5.74, 6) is 1.26. The molecule has 0 heterocycles. The number of benzene rings is 2. The van der Waals surface area contributed by atoms with Crippen LogP contribution in [-0.2, 0) is 11.3 Å². The molecular formula is C18H22O4. The molecule has 0 aliphatic heterocycles. The smallest absolute Gasteiger partial charge is 0.161 e. The summed E-state index contributed by atoms with van der Waals surface area (Å²) in [5, 5.41) is 9.57. The van der Waals surface area contributed by atoms with E-state index in [9.17, 15) is 5.11 Å². The summed E-state index contributed by atoms with van der Waals surface area (Å²) in [5.41, 5.74) is 1.94. The molecule has 0 saturated carbocycles. The number of methoxy groups -OCH3 is 1. The average molecular weight is 302 g/mol. The van der Waals surface area contributed by atoms with E-state index in [1.165, 1.54) is 0 Å². The van der Waals surface area contributed by atoms with Gasteiger partial charge in [-0.05, 0) is 30.2 Å². The van der Waals surface area contributed by atoms with E-state index in [0.29, 0.717) is 31.3 Å². The molecule has 1 unspecified atom stereocenters. The molecule has 0 aromatic heterocycles. The Morgan fingerprint density at radius 2 is 1.77 bits per heavy atom. The lowest BCUT2D eigenvalue weighted by molar-refractivity contribution is 0.0879. The van der Waals surface area contributed by atoms with E-state index in [-0.39, 0.29) is 0 Å². The zero-order chi connectivity index (χ0) is 15.8. The highest BCUT2D eigenvalue weighted by molar-refractivity contribution is 5.43. The van der Waals surface area contributed by atoms with Gasteiger partial charge in [0.2, 0.25) is 0 Å². The predicted octanol–water partition coefficient (Wildman–Crippen LogP) is 3.34. The van der Waals surface area contributed by atoms with Crippen molar-refractivity contribution in [2.45, 2.75) is 19.6 Å². The van der Waals surface area contributed by atoms with E-state index in [1.807, 2.05) is 36.4 Å². The standard InChI is InChI=1S/C18H22O4/c1-14(19)16-8-9-17(18(12-16)20-2)22-11-10-21-13-15-6-4-3-5-7-15/h3-9,12,14,19H,10-11,13H2,1-2H3. The lowest BCUT2D eigenvalue weighted by Gasteiger charge is -2.13. The first-order valence-electron chi connectivity index (χ1n) is 7.31. The minimum atomic E-state index is -0.530. The highest BCUT2D eigenvalue weighted by atomic mass is 16.5. The first kappa shape index (κ1) is 16.3. The second-order valence-electron chi connectivity index (χ2n) is 4.97. The Hall–Kier alpha value is -2.04. The normalized spacial score (nSPS) is 12.0. The SMILES string of the molecule is COc1cc(C(C)O)ccc1OCCOCc1ccccc1. The summed E-state index contributed by atoms with van der Waals surface area (Å²) in [6.07, 6.45) is -0.530. The van der Waals surface area contributed by atoms with E-state index in [4.69, 9.17) is 14.2 Å². The molecule has 118 valence electrons.